The molecule has 1 amide bonds. The molecule has 1 fully saturated rings. The van der Waals surface area contributed by atoms with E-state index in [4.69, 9.17) is 11.6 Å². The monoisotopic (exact) mass is 445 g/mol. The molecule has 1 saturated heterocycles. The summed E-state index contributed by atoms with van der Waals surface area (Å²) in [5.41, 5.74) is 3.95. The van der Waals surface area contributed by atoms with Crippen LogP contribution in [0.5, 0.6) is 0 Å². The molecule has 0 bridgehead atoms. The molecule has 3 aliphatic heterocycles. The number of rotatable bonds is 3. The van der Waals surface area contributed by atoms with E-state index in [2.05, 4.69) is 4.90 Å². The lowest BCUT2D eigenvalue weighted by Gasteiger charge is -2.37. The Morgan fingerprint density at radius 1 is 0.867 bits per heavy atom. The minimum atomic E-state index is -3.57. The number of amides is 1. The van der Waals surface area contributed by atoms with E-state index in [1.165, 1.54) is 0 Å². The van der Waals surface area contributed by atoms with Gasteiger partial charge >= 0.3 is 0 Å². The third kappa shape index (κ3) is 3.39. The molecule has 0 aliphatic carbocycles. The molecule has 8 heteroatoms. The summed E-state index contributed by atoms with van der Waals surface area (Å²) in [5, 5.41) is 0.679. The Kier molecular flexibility index (Phi) is 5.00. The molecular weight excluding hydrogens is 422 g/mol. The van der Waals surface area contributed by atoms with Crippen LogP contribution in [-0.2, 0) is 27.7 Å². The van der Waals surface area contributed by atoms with Crippen molar-refractivity contribution >= 4 is 38.9 Å². The number of piperazine rings is 1. The van der Waals surface area contributed by atoms with Crippen LogP contribution in [0.15, 0.2) is 41.3 Å². The predicted molar refractivity (Wildman–Crippen MR) is 118 cm³/mol. The summed E-state index contributed by atoms with van der Waals surface area (Å²) >= 11 is 6.10. The zero-order chi connectivity index (χ0) is 20.9. The standard InChI is InChI=1S/C22H24ClN3O3S/c23-18-4-1-5-19(15-18)24-9-11-25(12-10-24)30(28,29)20-13-16-3-2-8-26-21(27)7-6-17(14-20)22(16)26/h1,4-5,13-15H,2-3,6-12H2. The number of hydrogen-bond acceptors (Lipinski definition) is 4. The van der Waals surface area contributed by atoms with Crippen molar-refractivity contribution in [2.45, 2.75) is 30.6 Å². The van der Waals surface area contributed by atoms with Gasteiger partial charge in [-0.1, -0.05) is 17.7 Å². The molecule has 158 valence electrons. The van der Waals surface area contributed by atoms with Gasteiger partial charge in [-0.15, -0.1) is 0 Å². The van der Waals surface area contributed by atoms with E-state index < -0.39 is 10.0 Å². The summed E-state index contributed by atoms with van der Waals surface area (Å²) in [4.78, 5) is 16.6. The molecule has 0 spiro atoms. The molecule has 0 aromatic heterocycles. The third-order valence-electron chi connectivity index (χ3n) is 6.30. The number of benzene rings is 2. The average molecular weight is 446 g/mol. The van der Waals surface area contributed by atoms with Gasteiger partial charge in [0.05, 0.1) is 10.6 Å². The van der Waals surface area contributed by atoms with E-state index in [-0.39, 0.29) is 5.91 Å². The topological polar surface area (TPSA) is 60.9 Å². The van der Waals surface area contributed by atoms with E-state index in [1.807, 2.05) is 29.2 Å². The highest BCUT2D eigenvalue weighted by molar-refractivity contribution is 7.89. The first-order chi connectivity index (χ1) is 14.4. The summed E-state index contributed by atoms with van der Waals surface area (Å²) in [6, 6.07) is 11.2. The number of anilines is 2. The highest BCUT2D eigenvalue weighted by Gasteiger charge is 2.34. The number of sulfonamides is 1. The summed E-state index contributed by atoms with van der Waals surface area (Å²) in [5.74, 6) is 0.149. The predicted octanol–water partition coefficient (Wildman–Crippen LogP) is 3.08. The van der Waals surface area contributed by atoms with E-state index >= 15 is 0 Å². The summed E-state index contributed by atoms with van der Waals surface area (Å²) in [6.45, 7) is 2.85. The molecule has 0 radical (unpaired) electrons. The molecule has 2 aromatic rings. The lowest BCUT2D eigenvalue weighted by molar-refractivity contribution is -0.119. The van der Waals surface area contributed by atoms with Gasteiger partial charge in [0.15, 0.2) is 0 Å². The van der Waals surface area contributed by atoms with Gasteiger partial charge in [-0.2, -0.15) is 4.31 Å². The Morgan fingerprint density at radius 2 is 1.60 bits per heavy atom. The van der Waals surface area contributed by atoms with Gasteiger partial charge < -0.3 is 9.80 Å². The van der Waals surface area contributed by atoms with Crippen LogP contribution in [-0.4, -0.2) is 51.4 Å². The van der Waals surface area contributed by atoms with Gasteiger partial charge in [-0.3, -0.25) is 4.79 Å². The summed E-state index contributed by atoms with van der Waals surface area (Å²) in [7, 11) is -3.57. The van der Waals surface area contributed by atoms with E-state index in [9.17, 15) is 13.2 Å². The van der Waals surface area contributed by atoms with Crippen LogP contribution in [0.4, 0.5) is 11.4 Å². The van der Waals surface area contributed by atoms with Crippen molar-refractivity contribution in [3.05, 3.63) is 52.5 Å². The molecule has 30 heavy (non-hydrogen) atoms. The van der Waals surface area contributed by atoms with Crippen LogP contribution in [0.3, 0.4) is 0 Å². The van der Waals surface area contributed by atoms with Gasteiger partial charge in [-0.25, -0.2) is 8.42 Å². The summed E-state index contributed by atoms with van der Waals surface area (Å²) < 4.78 is 28.4. The van der Waals surface area contributed by atoms with Crippen molar-refractivity contribution in [1.82, 2.24) is 4.31 Å². The van der Waals surface area contributed by atoms with E-state index in [1.54, 1.807) is 16.4 Å². The molecule has 0 atom stereocenters. The van der Waals surface area contributed by atoms with Crippen LogP contribution in [0.25, 0.3) is 0 Å². The Bertz CT molecular complexity index is 1090. The number of nitrogens with zero attached hydrogens (tertiary/aromatic N) is 3. The van der Waals surface area contributed by atoms with Gasteiger partial charge in [0.1, 0.15) is 0 Å². The molecule has 3 heterocycles. The van der Waals surface area contributed by atoms with Crippen LogP contribution in [0.1, 0.15) is 24.0 Å². The zero-order valence-electron chi connectivity index (χ0n) is 16.7. The normalized spacial score (nSPS) is 19.7. The molecule has 5 rings (SSSR count). The molecule has 0 saturated carbocycles. The van der Waals surface area contributed by atoms with Crippen LogP contribution >= 0.6 is 11.6 Å². The quantitative estimate of drug-likeness (QED) is 0.728. The number of aryl methyl sites for hydroxylation is 2. The zero-order valence-corrected chi connectivity index (χ0v) is 18.3. The maximum atomic E-state index is 13.4. The van der Waals surface area contributed by atoms with Crippen molar-refractivity contribution in [1.29, 1.82) is 0 Å². The highest BCUT2D eigenvalue weighted by atomic mass is 35.5. The molecule has 6 nitrogen and oxygen atoms in total. The second-order valence-electron chi connectivity index (χ2n) is 8.11. The third-order valence-corrected chi connectivity index (χ3v) is 8.41. The smallest absolute Gasteiger partial charge is 0.243 e. The maximum absolute atomic E-state index is 13.4. The average Bonchev–Trinajstić information content (AvgIpc) is 2.76. The highest BCUT2D eigenvalue weighted by Crippen LogP contribution is 2.38. The number of carbonyl (C=O) groups excluding carboxylic acids is 1. The molecule has 0 unspecified atom stereocenters. The van der Waals surface area contributed by atoms with Crippen LogP contribution in [0.2, 0.25) is 5.02 Å². The van der Waals surface area contributed by atoms with Crippen LogP contribution in [0, 0.1) is 0 Å². The van der Waals surface area contributed by atoms with Gasteiger partial charge in [0.2, 0.25) is 15.9 Å². The Labute approximate surface area is 182 Å². The lowest BCUT2D eigenvalue weighted by atomic mass is 9.92. The summed E-state index contributed by atoms with van der Waals surface area (Å²) in [6.07, 6.45) is 2.76. The van der Waals surface area contributed by atoms with Crippen molar-refractivity contribution < 1.29 is 13.2 Å². The second-order valence-corrected chi connectivity index (χ2v) is 10.5. The first-order valence-corrected chi connectivity index (χ1v) is 12.2. The van der Waals surface area contributed by atoms with Crippen molar-refractivity contribution in [2.75, 3.05) is 42.5 Å². The maximum Gasteiger partial charge on any atom is 0.243 e. The van der Waals surface area contributed by atoms with E-state index in [0.29, 0.717) is 48.9 Å². The number of halogens is 1. The minimum absolute atomic E-state index is 0.149. The largest absolute Gasteiger partial charge is 0.369 e. The Hall–Kier alpha value is -2.09. The van der Waals surface area contributed by atoms with Gasteiger partial charge in [0, 0.05) is 49.9 Å². The lowest BCUT2D eigenvalue weighted by Crippen LogP contribution is -2.48. The minimum Gasteiger partial charge on any atom is -0.369 e. The molecule has 2 aromatic carbocycles. The fraction of sp³-hybridized carbons (Fsp3) is 0.409. The van der Waals surface area contributed by atoms with Crippen molar-refractivity contribution in [3.63, 3.8) is 0 Å². The van der Waals surface area contributed by atoms with Gasteiger partial charge in [-0.05, 0) is 60.7 Å². The van der Waals surface area contributed by atoms with Gasteiger partial charge in [0.25, 0.3) is 0 Å². The van der Waals surface area contributed by atoms with Crippen molar-refractivity contribution in [3.8, 4) is 0 Å². The fourth-order valence-corrected chi connectivity index (χ4v) is 6.49. The molecular formula is C22H24ClN3O3S. The Morgan fingerprint density at radius 3 is 2.33 bits per heavy atom. The van der Waals surface area contributed by atoms with E-state index in [0.717, 1.165) is 41.9 Å². The van der Waals surface area contributed by atoms with Crippen LogP contribution < -0.4 is 9.80 Å². The second kappa shape index (κ2) is 7.55. The number of hydrogen-bond donors (Lipinski definition) is 0. The fourth-order valence-electron chi connectivity index (χ4n) is 4.78. The molecule has 0 N–H and O–H groups in total. The Balaban J connectivity index is 1.39. The first-order valence-electron chi connectivity index (χ1n) is 10.4. The van der Waals surface area contributed by atoms with Crippen molar-refractivity contribution in [2.24, 2.45) is 0 Å². The number of carbonyl (C=O) groups is 1. The SMILES string of the molecule is O=C1CCc2cc(S(=O)(=O)N3CCN(c4cccc(Cl)c4)CC3)cc3c2N1CCC3. The first kappa shape index (κ1) is 19.8. The molecule has 3 aliphatic rings.